The van der Waals surface area contributed by atoms with Crippen LogP contribution in [0.3, 0.4) is 0 Å². The van der Waals surface area contributed by atoms with Crippen molar-refractivity contribution < 1.29 is 4.74 Å². The van der Waals surface area contributed by atoms with Crippen molar-refractivity contribution in [1.29, 1.82) is 0 Å². The Morgan fingerprint density at radius 2 is 2.00 bits per heavy atom. The van der Waals surface area contributed by atoms with Gasteiger partial charge in [0.25, 0.3) is 0 Å². The van der Waals surface area contributed by atoms with E-state index < -0.39 is 0 Å². The van der Waals surface area contributed by atoms with Gasteiger partial charge in [-0.3, -0.25) is 0 Å². The topological polar surface area (TPSA) is 21.6 Å². The van der Waals surface area contributed by atoms with E-state index in [-0.39, 0.29) is 0 Å². The summed E-state index contributed by atoms with van der Waals surface area (Å²) in [5.41, 5.74) is 1.01. The summed E-state index contributed by atoms with van der Waals surface area (Å²) in [6.07, 6.45) is 4.30. The molecule has 0 amide bonds. The number of hydrogen-bond acceptors (Lipinski definition) is 2. The Balaban J connectivity index is 3.64. The predicted octanol–water partition coefficient (Wildman–Crippen LogP) is 3.78. The van der Waals surface area contributed by atoms with Gasteiger partial charge in [-0.1, -0.05) is 19.9 Å². The minimum absolute atomic E-state index is 0.758. The fourth-order valence-electron chi connectivity index (χ4n) is 1.06. The zero-order chi connectivity index (χ0) is 11.0. The van der Waals surface area contributed by atoms with Crippen LogP contribution in [0, 0.1) is 5.92 Å². The molecule has 0 saturated heterocycles. The molecule has 2 nitrogen and oxygen atoms in total. The molecule has 0 unspecified atom stereocenters. The summed E-state index contributed by atoms with van der Waals surface area (Å²) in [5.74, 6) is 1.53. The molecule has 2 heteroatoms. The van der Waals surface area contributed by atoms with Crippen LogP contribution >= 0.6 is 0 Å². The van der Waals surface area contributed by atoms with Crippen molar-refractivity contribution in [1.82, 2.24) is 0 Å². The lowest BCUT2D eigenvalue weighted by atomic mass is 10.1. The molecule has 0 rings (SSSR count). The minimum Gasteiger partial charge on any atom is -0.481 e. The number of aliphatic imine (C=N–C) groups is 1. The minimum atomic E-state index is 0.758. The van der Waals surface area contributed by atoms with E-state index in [4.69, 9.17) is 4.74 Å². The molecule has 0 spiro atoms. The second kappa shape index (κ2) is 7.60. The van der Waals surface area contributed by atoms with E-state index >= 15 is 0 Å². The predicted molar refractivity (Wildman–Crippen MR) is 62.6 cm³/mol. The first-order chi connectivity index (χ1) is 6.56. The van der Waals surface area contributed by atoms with Gasteiger partial charge in [-0.2, -0.15) is 0 Å². The van der Waals surface area contributed by atoms with Crippen LogP contribution in [0.25, 0.3) is 0 Å². The van der Waals surface area contributed by atoms with Crippen LogP contribution in [0.5, 0.6) is 0 Å². The molecule has 0 radical (unpaired) electrons. The summed E-state index contributed by atoms with van der Waals surface area (Å²) in [6, 6.07) is 0. The molecule has 0 saturated carbocycles. The van der Waals surface area contributed by atoms with Gasteiger partial charge in [-0.25, -0.2) is 4.99 Å². The molecule has 14 heavy (non-hydrogen) atoms. The molecule has 0 aromatic heterocycles. The molecule has 0 aliphatic heterocycles. The Morgan fingerprint density at radius 1 is 1.36 bits per heavy atom. The Morgan fingerprint density at radius 3 is 2.50 bits per heavy atom. The van der Waals surface area contributed by atoms with E-state index in [1.807, 2.05) is 26.8 Å². The number of rotatable bonds is 5. The van der Waals surface area contributed by atoms with Crippen LogP contribution in [0.15, 0.2) is 16.8 Å². The monoisotopic (exact) mass is 197 g/mol. The highest BCUT2D eigenvalue weighted by atomic mass is 16.5. The van der Waals surface area contributed by atoms with E-state index in [0.717, 1.165) is 30.5 Å². The smallest absolute Gasteiger partial charge is 0.184 e. The Bertz CT molecular complexity index is 204. The zero-order valence-electron chi connectivity index (χ0n) is 10.1. The maximum absolute atomic E-state index is 5.47. The van der Waals surface area contributed by atoms with E-state index in [2.05, 4.69) is 18.8 Å². The number of hydrogen-bond donors (Lipinski definition) is 0. The van der Waals surface area contributed by atoms with Crippen molar-refractivity contribution in [3.8, 4) is 0 Å². The largest absolute Gasteiger partial charge is 0.481 e. The van der Waals surface area contributed by atoms with Crippen molar-refractivity contribution in [3.63, 3.8) is 0 Å². The number of allylic oxidation sites excluding steroid dienone is 2. The van der Waals surface area contributed by atoms with Crippen molar-refractivity contribution in [2.45, 2.75) is 47.5 Å². The summed E-state index contributed by atoms with van der Waals surface area (Å²) >= 11 is 0. The van der Waals surface area contributed by atoms with Crippen LogP contribution in [0.2, 0.25) is 0 Å². The lowest BCUT2D eigenvalue weighted by Gasteiger charge is -2.06. The molecular weight excluding hydrogens is 174 g/mol. The second-order valence-electron chi connectivity index (χ2n) is 3.95. The normalized spacial score (nSPS) is 13.6. The molecule has 0 atom stereocenters. The van der Waals surface area contributed by atoms with Gasteiger partial charge in [0.15, 0.2) is 5.90 Å². The summed E-state index contributed by atoms with van der Waals surface area (Å²) in [6.45, 7) is 11.1. The summed E-state index contributed by atoms with van der Waals surface area (Å²) in [7, 11) is 0. The first-order valence-electron chi connectivity index (χ1n) is 5.37. The van der Waals surface area contributed by atoms with Crippen LogP contribution in [-0.4, -0.2) is 12.5 Å². The highest BCUT2D eigenvalue weighted by Crippen LogP contribution is 2.04. The third-order valence-corrected chi connectivity index (χ3v) is 1.99. The van der Waals surface area contributed by atoms with Gasteiger partial charge in [-0.05, 0) is 32.6 Å². The van der Waals surface area contributed by atoms with E-state index in [1.165, 1.54) is 6.42 Å². The third kappa shape index (κ3) is 7.84. The Labute approximate surface area is 88.1 Å². The summed E-state index contributed by atoms with van der Waals surface area (Å²) < 4.78 is 5.47. The lowest BCUT2D eigenvalue weighted by Crippen LogP contribution is -2.02. The van der Waals surface area contributed by atoms with Crippen LogP contribution in [0.1, 0.15) is 47.5 Å². The highest BCUT2D eigenvalue weighted by Gasteiger charge is 1.95. The maximum Gasteiger partial charge on any atom is 0.184 e. The van der Waals surface area contributed by atoms with Gasteiger partial charge in [0.05, 0.1) is 6.61 Å². The van der Waals surface area contributed by atoms with Crippen LogP contribution in [0.4, 0.5) is 0 Å². The SMILES string of the molecule is CC=C(C)N=C(C)OCCCC(C)C. The quantitative estimate of drug-likeness (QED) is 0.373. The van der Waals surface area contributed by atoms with Crippen molar-refractivity contribution in [2.24, 2.45) is 10.9 Å². The van der Waals surface area contributed by atoms with Crippen molar-refractivity contribution in [2.75, 3.05) is 6.61 Å². The van der Waals surface area contributed by atoms with Gasteiger partial charge in [0.1, 0.15) is 0 Å². The van der Waals surface area contributed by atoms with Gasteiger partial charge < -0.3 is 4.74 Å². The summed E-state index contributed by atoms with van der Waals surface area (Å²) in [4.78, 5) is 4.27. The van der Waals surface area contributed by atoms with E-state index in [1.54, 1.807) is 0 Å². The average Bonchev–Trinajstić information content (AvgIpc) is 2.12. The van der Waals surface area contributed by atoms with Gasteiger partial charge in [0, 0.05) is 12.6 Å². The van der Waals surface area contributed by atoms with Gasteiger partial charge in [-0.15, -0.1) is 0 Å². The third-order valence-electron chi connectivity index (χ3n) is 1.99. The molecule has 0 fully saturated rings. The molecular formula is C12H23NO. The first-order valence-corrected chi connectivity index (χ1v) is 5.37. The van der Waals surface area contributed by atoms with Crippen LogP contribution in [-0.2, 0) is 4.74 Å². The number of nitrogens with zero attached hydrogens (tertiary/aromatic N) is 1. The molecule has 0 aliphatic carbocycles. The van der Waals surface area contributed by atoms with Crippen molar-refractivity contribution in [3.05, 3.63) is 11.8 Å². The molecule has 0 aromatic rings. The standard InChI is InChI=1S/C12H23NO/c1-6-11(4)13-12(5)14-9-7-8-10(2)3/h6,10H,7-9H2,1-5H3. The van der Waals surface area contributed by atoms with E-state index in [9.17, 15) is 0 Å². The zero-order valence-corrected chi connectivity index (χ0v) is 10.1. The molecule has 0 aromatic carbocycles. The maximum atomic E-state index is 5.47. The Hall–Kier alpha value is -0.790. The molecule has 82 valence electrons. The molecule has 0 N–H and O–H groups in total. The van der Waals surface area contributed by atoms with Gasteiger partial charge in [0.2, 0.25) is 0 Å². The van der Waals surface area contributed by atoms with Gasteiger partial charge >= 0.3 is 0 Å². The second-order valence-corrected chi connectivity index (χ2v) is 3.95. The lowest BCUT2D eigenvalue weighted by molar-refractivity contribution is 0.283. The van der Waals surface area contributed by atoms with Crippen molar-refractivity contribution >= 4 is 5.90 Å². The first kappa shape index (κ1) is 13.2. The Kier molecular flexibility index (Phi) is 7.17. The molecule has 0 heterocycles. The summed E-state index contributed by atoms with van der Waals surface area (Å²) in [5, 5.41) is 0. The molecule has 0 bridgehead atoms. The fraction of sp³-hybridized carbons (Fsp3) is 0.750. The average molecular weight is 197 g/mol. The highest BCUT2D eigenvalue weighted by molar-refractivity contribution is 5.74. The molecule has 0 aliphatic rings. The van der Waals surface area contributed by atoms with Crippen LogP contribution < -0.4 is 0 Å². The van der Waals surface area contributed by atoms with E-state index in [0.29, 0.717) is 0 Å². The number of ether oxygens (including phenoxy) is 1. The fourth-order valence-corrected chi connectivity index (χ4v) is 1.06.